The zero-order chi connectivity index (χ0) is 19.4. The van der Waals surface area contributed by atoms with E-state index in [0.29, 0.717) is 26.6 Å². The standard InChI is InChI=1S/C18H16ClN3O3S2/c1-10-8-12(5-6-13(10)19)25-9-15(24)21-18-22-16(14-4-3-7-26-14)17(27-18)20-11(2)23/h3-8H,9H2,1-2H3,(H,20,23)(H,21,22,24). The van der Waals surface area contributed by atoms with Gasteiger partial charge in [0, 0.05) is 11.9 Å². The van der Waals surface area contributed by atoms with Crippen molar-refractivity contribution in [1.29, 1.82) is 0 Å². The van der Waals surface area contributed by atoms with Crippen molar-refractivity contribution in [3.05, 3.63) is 46.3 Å². The highest BCUT2D eigenvalue weighted by molar-refractivity contribution is 7.21. The number of aromatic nitrogens is 1. The van der Waals surface area contributed by atoms with Crippen molar-refractivity contribution < 1.29 is 14.3 Å². The van der Waals surface area contributed by atoms with E-state index in [2.05, 4.69) is 15.6 Å². The molecule has 3 aromatic rings. The minimum atomic E-state index is -0.344. The molecule has 1 aromatic carbocycles. The number of benzene rings is 1. The van der Waals surface area contributed by atoms with Crippen LogP contribution < -0.4 is 15.4 Å². The van der Waals surface area contributed by atoms with Crippen LogP contribution in [0.1, 0.15) is 12.5 Å². The molecular formula is C18H16ClN3O3S2. The number of ether oxygens (including phenoxy) is 1. The summed E-state index contributed by atoms with van der Waals surface area (Å²) in [6.45, 7) is 3.13. The third kappa shape index (κ3) is 5.06. The van der Waals surface area contributed by atoms with Gasteiger partial charge in [-0.1, -0.05) is 29.0 Å². The predicted molar refractivity (Wildman–Crippen MR) is 110 cm³/mol. The molecule has 2 heterocycles. The lowest BCUT2D eigenvalue weighted by Gasteiger charge is -2.07. The van der Waals surface area contributed by atoms with Gasteiger partial charge in [-0.05, 0) is 42.1 Å². The molecule has 0 spiro atoms. The fourth-order valence-electron chi connectivity index (χ4n) is 2.21. The number of aryl methyl sites for hydroxylation is 1. The normalized spacial score (nSPS) is 10.5. The summed E-state index contributed by atoms with van der Waals surface area (Å²) >= 11 is 8.68. The molecule has 0 unspecified atom stereocenters. The van der Waals surface area contributed by atoms with E-state index >= 15 is 0 Å². The molecule has 0 aliphatic carbocycles. The van der Waals surface area contributed by atoms with Crippen LogP contribution in [0, 0.1) is 6.92 Å². The maximum Gasteiger partial charge on any atom is 0.264 e. The first kappa shape index (κ1) is 19.3. The summed E-state index contributed by atoms with van der Waals surface area (Å²) < 4.78 is 5.49. The summed E-state index contributed by atoms with van der Waals surface area (Å²) in [5.41, 5.74) is 1.50. The highest BCUT2D eigenvalue weighted by atomic mass is 35.5. The van der Waals surface area contributed by atoms with E-state index in [1.807, 2.05) is 24.4 Å². The second-order valence-electron chi connectivity index (χ2n) is 5.60. The van der Waals surface area contributed by atoms with Gasteiger partial charge in [-0.25, -0.2) is 4.98 Å². The Labute approximate surface area is 169 Å². The topological polar surface area (TPSA) is 80.3 Å². The molecule has 0 fully saturated rings. The molecule has 0 aliphatic rings. The number of carbonyl (C=O) groups excluding carboxylic acids is 2. The first-order valence-corrected chi connectivity index (χ1v) is 10.0. The number of nitrogens with one attached hydrogen (secondary N) is 2. The molecule has 9 heteroatoms. The number of nitrogens with zero attached hydrogens (tertiary/aromatic N) is 1. The van der Waals surface area contributed by atoms with Gasteiger partial charge in [-0.2, -0.15) is 0 Å². The van der Waals surface area contributed by atoms with E-state index < -0.39 is 0 Å². The number of amides is 2. The van der Waals surface area contributed by atoms with Crippen LogP contribution in [0.15, 0.2) is 35.7 Å². The third-order valence-corrected chi connectivity index (χ3v) is 5.60. The van der Waals surface area contributed by atoms with Crippen molar-refractivity contribution in [2.45, 2.75) is 13.8 Å². The number of carbonyl (C=O) groups is 2. The smallest absolute Gasteiger partial charge is 0.264 e. The minimum absolute atomic E-state index is 0.162. The maximum absolute atomic E-state index is 12.2. The molecule has 3 rings (SSSR count). The largest absolute Gasteiger partial charge is 0.484 e. The Morgan fingerprint density at radius 1 is 1.26 bits per heavy atom. The second-order valence-corrected chi connectivity index (χ2v) is 7.96. The fraction of sp³-hybridized carbons (Fsp3) is 0.167. The first-order valence-electron chi connectivity index (χ1n) is 7.93. The molecule has 0 bridgehead atoms. The van der Waals surface area contributed by atoms with Crippen LogP contribution in [0.3, 0.4) is 0 Å². The molecule has 6 nitrogen and oxygen atoms in total. The van der Waals surface area contributed by atoms with Crippen LogP contribution in [0.25, 0.3) is 10.6 Å². The van der Waals surface area contributed by atoms with Gasteiger partial charge in [-0.3, -0.25) is 14.9 Å². The molecule has 27 heavy (non-hydrogen) atoms. The van der Waals surface area contributed by atoms with Crippen molar-refractivity contribution in [2.24, 2.45) is 0 Å². The van der Waals surface area contributed by atoms with E-state index in [1.54, 1.807) is 18.2 Å². The molecule has 0 saturated heterocycles. The zero-order valence-corrected chi connectivity index (χ0v) is 16.9. The first-order chi connectivity index (χ1) is 12.9. The Balaban J connectivity index is 1.68. The Bertz CT molecular complexity index is 970. The molecule has 0 atom stereocenters. The molecule has 0 aliphatic heterocycles. The van der Waals surface area contributed by atoms with Crippen molar-refractivity contribution in [3.8, 4) is 16.3 Å². The fourth-order valence-corrected chi connectivity index (χ4v) is 4.05. The Kier molecular flexibility index (Phi) is 6.10. The number of thiazole rings is 1. The lowest BCUT2D eigenvalue weighted by molar-refractivity contribution is -0.118. The van der Waals surface area contributed by atoms with Gasteiger partial charge in [0.2, 0.25) is 5.91 Å². The molecular weight excluding hydrogens is 406 g/mol. The summed E-state index contributed by atoms with van der Waals surface area (Å²) in [5, 5.41) is 9.01. The predicted octanol–water partition coefficient (Wildman–Crippen LogP) is 4.81. The summed E-state index contributed by atoms with van der Waals surface area (Å²) in [5.74, 6) is 0.0173. The quantitative estimate of drug-likeness (QED) is 0.598. The molecule has 2 aromatic heterocycles. The lowest BCUT2D eigenvalue weighted by atomic mass is 10.2. The van der Waals surface area contributed by atoms with Crippen LogP contribution >= 0.6 is 34.3 Å². The van der Waals surface area contributed by atoms with Crippen LogP contribution in [0.4, 0.5) is 10.1 Å². The molecule has 0 saturated carbocycles. The van der Waals surface area contributed by atoms with E-state index in [-0.39, 0.29) is 18.4 Å². The van der Waals surface area contributed by atoms with Crippen molar-refractivity contribution in [2.75, 3.05) is 17.2 Å². The number of hydrogen-bond acceptors (Lipinski definition) is 6. The van der Waals surface area contributed by atoms with Gasteiger partial charge < -0.3 is 10.1 Å². The highest BCUT2D eigenvalue weighted by Gasteiger charge is 2.17. The number of hydrogen-bond donors (Lipinski definition) is 2. The van der Waals surface area contributed by atoms with Crippen molar-refractivity contribution >= 4 is 56.2 Å². The van der Waals surface area contributed by atoms with Crippen LogP contribution in [0.2, 0.25) is 5.02 Å². The molecule has 0 radical (unpaired) electrons. The SMILES string of the molecule is CC(=O)Nc1sc(NC(=O)COc2ccc(Cl)c(C)c2)nc1-c1cccs1. The number of rotatable bonds is 6. The Morgan fingerprint density at radius 3 is 2.74 bits per heavy atom. The Morgan fingerprint density at radius 2 is 2.07 bits per heavy atom. The maximum atomic E-state index is 12.2. The van der Waals surface area contributed by atoms with Gasteiger partial charge in [0.25, 0.3) is 5.91 Å². The third-order valence-electron chi connectivity index (χ3n) is 3.42. The monoisotopic (exact) mass is 421 g/mol. The lowest BCUT2D eigenvalue weighted by Crippen LogP contribution is -2.20. The summed E-state index contributed by atoms with van der Waals surface area (Å²) in [4.78, 5) is 29.0. The van der Waals surface area contributed by atoms with Gasteiger partial charge in [0.1, 0.15) is 16.4 Å². The zero-order valence-electron chi connectivity index (χ0n) is 14.5. The second kappa shape index (κ2) is 8.51. The van der Waals surface area contributed by atoms with Gasteiger partial charge in [-0.15, -0.1) is 11.3 Å². The van der Waals surface area contributed by atoms with Crippen molar-refractivity contribution in [1.82, 2.24) is 4.98 Å². The van der Waals surface area contributed by atoms with E-state index in [0.717, 1.165) is 10.4 Å². The van der Waals surface area contributed by atoms with E-state index in [4.69, 9.17) is 16.3 Å². The number of anilines is 2. The van der Waals surface area contributed by atoms with Crippen LogP contribution in [0.5, 0.6) is 5.75 Å². The van der Waals surface area contributed by atoms with Gasteiger partial charge in [0.15, 0.2) is 11.7 Å². The minimum Gasteiger partial charge on any atom is -0.484 e. The molecule has 2 N–H and O–H groups in total. The highest BCUT2D eigenvalue weighted by Crippen LogP contribution is 2.37. The number of halogens is 1. The van der Waals surface area contributed by atoms with E-state index in [9.17, 15) is 9.59 Å². The summed E-state index contributed by atoms with van der Waals surface area (Å²) in [6.07, 6.45) is 0. The molecule has 140 valence electrons. The van der Waals surface area contributed by atoms with Crippen LogP contribution in [-0.2, 0) is 9.59 Å². The summed E-state index contributed by atoms with van der Waals surface area (Å²) in [6, 6.07) is 9.00. The van der Waals surface area contributed by atoms with Crippen LogP contribution in [-0.4, -0.2) is 23.4 Å². The van der Waals surface area contributed by atoms with Gasteiger partial charge >= 0.3 is 0 Å². The summed E-state index contributed by atoms with van der Waals surface area (Å²) in [7, 11) is 0. The van der Waals surface area contributed by atoms with Crippen molar-refractivity contribution in [3.63, 3.8) is 0 Å². The average molecular weight is 422 g/mol. The number of thiophene rings is 1. The molecule has 2 amide bonds. The average Bonchev–Trinajstić information content (AvgIpc) is 3.25. The Hall–Kier alpha value is -2.42. The van der Waals surface area contributed by atoms with E-state index in [1.165, 1.54) is 29.6 Å². The van der Waals surface area contributed by atoms with Gasteiger partial charge in [0.05, 0.1) is 4.88 Å².